The SMILES string of the molecule is Cc1ccccc1OCCOC(=O)c1ccc(S(=O)(=O)NCc2ccco2)cc1. The van der Waals surface area contributed by atoms with Crippen molar-refractivity contribution in [2.45, 2.75) is 18.4 Å². The van der Waals surface area contributed by atoms with Crippen LogP contribution in [-0.2, 0) is 21.3 Å². The van der Waals surface area contributed by atoms with Crippen molar-refractivity contribution in [3.63, 3.8) is 0 Å². The lowest BCUT2D eigenvalue weighted by Gasteiger charge is -2.10. The van der Waals surface area contributed by atoms with Crippen LogP contribution in [0.1, 0.15) is 21.7 Å². The van der Waals surface area contributed by atoms with Crippen LogP contribution in [0.5, 0.6) is 5.75 Å². The molecule has 0 fully saturated rings. The molecule has 0 spiro atoms. The average Bonchev–Trinajstić information content (AvgIpc) is 3.25. The quantitative estimate of drug-likeness (QED) is 0.426. The van der Waals surface area contributed by atoms with E-state index in [2.05, 4.69) is 4.72 Å². The minimum absolute atomic E-state index is 0.0417. The monoisotopic (exact) mass is 415 g/mol. The van der Waals surface area contributed by atoms with Gasteiger partial charge in [-0.05, 0) is 55.0 Å². The van der Waals surface area contributed by atoms with Gasteiger partial charge < -0.3 is 13.9 Å². The molecule has 3 aromatic rings. The Labute approximate surface area is 169 Å². The lowest BCUT2D eigenvalue weighted by molar-refractivity contribution is 0.0450. The van der Waals surface area contributed by atoms with Crippen molar-refractivity contribution < 1.29 is 27.1 Å². The summed E-state index contributed by atoms with van der Waals surface area (Å²) in [6.07, 6.45) is 1.47. The number of esters is 1. The van der Waals surface area contributed by atoms with Crippen molar-refractivity contribution in [1.82, 2.24) is 4.72 Å². The molecule has 1 N–H and O–H groups in total. The molecule has 0 radical (unpaired) electrons. The van der Waals surface area contributed by atoms with Gasteiger partial charge in [0.1, 0.15) is 24.7 Å². The Bertz CT molecular complexity index is 1040. The molecule has 2 aromatic carbocycles. The maximum Gasteiger partial charge on any atom is 0.338 e. The predicted octanol–water partition coefficient (Wildman–Crippen LogP) is 3.30. The highest BCUT2D eigenvalue weighted by atomic mass is 32.2. The summed E-state index contributed by atoms with van der Waals surface area (Å²) >= 11 is 0. The van der Waals surface area contributed by atoms with E-state index in [0.29, 0.717) is 5.76 Å². The zero-order valence-electron chi connectivity index (χ0n) is 15.8. The summed E-state index contributed by atoms with van der Waals surface area (Å²) in [5.74, 6) is 0.688. The molecule has 0 aliphatic carbocycles. The second-order valence-electron chi connectivity index (χ2n) is 6.18. The number of benzene rings is 2. The van der Waals surface area contributed by atoms with Gasteiger partial charge in [-0.2, -0.15) is 0 Å². The molecule has 0 aliphatic rings. The fraction of sp³-hybridized carbons (Fsp3) is 0.190. The van der Waals surface area contributed by atoms with Crippen LogP contribution in [0.4, 0.5) is 0 Å². The Hall–Kier alpha value is -3.10. The minimum atomic E-state index is -3.72. The topological polar surface area (TPSA) is 94.8 Å². The van der Waals surface area contributed by atoms with E-state index in [4.69, 9.17) is 13.9 Å². The third-order valence-electron chi connectivity index (χ3n) is 4.08. The van der Waals surface area contributed by atoms with Crippen LogP contribution >= 0.6 is 0 Å². The number of aryl methyl sites for hydroxylation is 1. The molecule has 0 amide bonds. The van der Waals surface area contributed by atoms with Crippen LogP contribution in [-0.4, -0.2) is 27.6 Å². The summed E-state index contributed by atoms with van der Waals surface area (Å²) in [6, 6.07) is 16.4. The molecule has 0 saturated heterocycles. The maximum atomic E-state index is 12.3. The number of carbonyl (C=O) groups is 1. The molecule has 8 heteroatoms. The Kier molecular flexibility index (Phi) is 6.69. The fourth-order valence-corrected chi connectivity index (χ4v) is 3.51. The normalized spacial score (nSPS) is 11.2. The molecule has 0 bridgehead atoms. The third-order valence-corrected chi connectivity index (χ3v) is 5.50. The largest absolute Gasteiger partial charge is 0.490 e. The van der Waals surface area contributed by atoms with Crippen LogP contribution < -0.4 is 9.46 Å². The van der Waals surface area contributed by atoms with Gasteiger partial charge >= 0.3 is 5.97 Å². The molecule has 7 nitrogen and oxygen atoms in total. The van der Waals surface area contributed by atoms with Gasteiger partial charge in [-0.15, -0.1) is 0 Å². The van der Waals surface area contributed by atoms with E-state index in [1.165, 1.54) is 30.5 Å². The molecule has 152 valence electrons. The first-order chi connectivity index (χ1) is 14.0. The van der Waals surface area contributed by atoms with Crippen molar-refractivity contribution in [1.29, 1.82) is 0 Å². The molecular weight excluding hydrogens is 394 g/mol. The summed E-state index contributed by atoms with van der Waals surface area (Å²) in [4.78, 5) is 12.2. The van der Waals surface area contributed by atoms with Crippen LogP contribution in [0.2, 0.25) is 0 Å². The molecule has 1 aromatic heterocycles. The maximum absolute atomic E-state index is 12.3. The van der Waals surface area contributed by atoms with Crippen molar-refractivity contribution in [2.24, 2.45) is 0 Å². The van der Waals surface area contributed by atoms with E-state index in [-0.39, 0.29) is 30.2 Å². The predicted molar refractivity (Wildman–Crippen MR) is 106 cm³/mol. The van der Waals surface area contributed by atoms with Gasteiger partial charge in [-0.1, -0.05) is 18.2 Å². The third kappa shape index (κ3) is 5.69. The molecule has 29 heavy (non-hydrogen) atoms. The van der Waals surface area contributed by atoms with Gasteiger partial charge in [0.15, 0.2) is 0 Å². The first kappa shape index (κ1) is 20.6. The van der Waals surface area contributed by atoms with Crippen molar-refractivity contribution in [3.05, 3.63) is 83.8 Å². The van der Waals surface area contributed by atoms with Crippen LogP contribution in [0.25, 0.3) is 0 Å². The molecule has 1 heterocycles. The Morgan fingerprint density at radius 1 is 1.00 bits per heavy atom. The highest BCUT2D eigenvalue weighted by molar-refractivity contribution is 7.89. The number of furan rings is 1. The minimum Gasteiger partial charge on any atom is -0.490 e. The van der Waals surface area contributed by atoms with Crippen LogP contribution in [0, 0.1) is 6.92 Å². The highest BCUT2D eigenvalue weighted by Crippen LogP contribution is 2.16. The van der Waals surface area contributed by atoms with Crippen molar-refractivity contribution in [3.8, 4) is 5.75 Å². The van der Waals surface area contributed by atoms with Crippen molar-refractivity contribution >= 4 is 16.0 Å². The zero-order valence-corrected chi connectivity index (χ0v) is 16.6. The Morgan fingerprint density at radius 2 is 1.76 bits per heavy atom. The fourth-order valence-electron chi connectivity index (χ4n) is 2.52. The van der Waals surface area contributed by atoms with Gasteiger partial charge in [0.2, 0.25) is 10.0 Å². The van der Waals surface area contributed by atoms with Crippen LogP contribution in [0.3, 0.4) is 0 Å². The zero-order chi connectivity index (χ0) is 20.7. The van der Waals surface area contributed by atoms with E-state index in [1.807, 2.05) is 31.2 Å². The number of ether oxygens (including phenoxy) is 2. The van der Waals surface area contributed by atoms with Gasteiger partial charge in [-0.25, -0.2) is 17.9 Å². The van der Waals surface area contributed by atoms with Crippen LogP contribution in [0.15, 0.2) is 76.2 Å². The summed E-state index contributed by atoms with van der Waals surface area (Å²) in [7, 11) is -3.72. The van der Waals surface area contributed by atoms with E-state index < -0.39 is 16.0 Å². The number of carbonyl (C=O) groups excluding carboxylic acids is 1. The van der Waals surface area contributed by atoms with E-state index in [1.54, 1.807) is 12.1 Å². The van der Waals surface area contributed by atoms with E-state index in [9.17, 15) is 13.2 Å². The molecule has 0 unspecified atom stereocenters. The Morgan fingerprint density at radius 3 is 2.45 bits per heavy atom. The van der Waals surface area contributed by atoms with Crippen molar-refractivity contribution in [2.75, 3.05) is 13.2 Å². The number of nitrogens with one attached hydrogen (secondary N) is 1. The molecular formula is C21H21NO6S. The van der Waals surface area contributed by atoms with Gasteiger partial charge in [0.05, 0.1) is 23.3 Å². The van der Waals surface area contributed by atoms with Gasteiger partial charge in [-0.3, -0.25) is 0 Å². The number of rotatable bonds is 9. The second kappa shape index (κ2) is 9.40. The number of para-hydroxylation sites is 1. The first-order valence-electron chi connectivity index (χ1n) is 8.93. The van der Waals surface area contributed by atoms with Gasteiger partial charge in [0.25, 0.3) is 0 Å². The lowest BCUT2D eigenvalue weighted by Crippen LogP contribution is -2.23. The molecule has 0 atom stereocenters. The van der Waals surface area contributed by atoms with E-state index >= 15 is 0 Å². The Balaban J connectivity index is 1.49. The number of hydrogen-bond donors (Lipinski definition) is 1. The average molecular weight is 415 g/mol. The second-order valence-corrected chi connectivity index (χ2v) is 7.95. The smallest absolute Gasteiger partial charge is 0.338 e. The van der Waals surface area contributed by atoms with Gasteiger partial charge in [0, 0.05) is 0 Å². The van der Waals surface area contributed by atoms with E-state index in [0.717, 1.165) is 11.3 Å². The summed E-state index contributed by atoms with van der Waals surface area (Å²) in [5.41, 5.74) is 1.25. The number of sulfonamides is 1. The molecule has 0 saturated carbocycles. The molecule has 3 rings (SSSR count). The highest BCUT2D eigenvalue weighted by Gasteiger charge is 2.16. The summed E-state index contributed by atoms with van der Waals surface area (Å²) in [6.45, 7) is 2.28. The standard InChI is InChI=1S/C21H21NO6S/c1-16-5-2-3-7-20(16)27-13-14-28-21(23)17-8-10-19(11-9-17)29(24,25)22-15-18-6-4-12-26-18/h2-12,22H,13-15H2,1H3. The summed E-state index contributed by atoms with van der Waals surface area (Å²) < 4.78 is 42.9. The lowest BCUT2D eigenvalue weighted by atomic mass is 10.2. The summed E-state index contributed by atoms with van der Waals surface area (Å²) in [5, 5.41) is 0. The first-order valence-corrected chi connectivity index (χ1v) is 10.4. The number of hydrogen-bond acceptors (Lipinski definition) is 6. The molecule has 0 aliphatic heterocycles.